The Labute approximate surface area is 142 Å². The van der Waals surface area contributed by atoms with Crippen molar-refractivity contribution in [2.24, 2.45) is 5.92 Å². The summed E-state index contributed by atoms with van der Waals surface area (Å²) in [5, 5.41) is 6.52. The van der Waals surface area contributed by atoms with E-state index in [1.54, 1.807) is 0 Å². The van der Waals surface area contributed by atoms with E-state index >= 15 is 0 Å². The van der Waals surface area contributed by atoms with Crippen molar-refractivity contribution in [3.63, 3.8) is 0 Å². The number of hydrogen-bond acceptors (Lipinski definition) is 3. The molecule has 23 heavy (non-hydrogen) atoms. The molecule has 132 valence electrons. The Morgan fingerprint density at radius 2 is 1.91 bits per heavy atom. The zero-order chi connectivity index (χ0) is 16.2. The fourth-order valence-electron chi connectivity index (χ4n) is 3.94. The Bertz CT molecular complexity index is 442. The third kappa shape index (κ3) is 5.18. The minimum atomic E-state index is -0.736. The molecule has 0 aromatic carbocycles. The van der Waals surface area contributed by atoms with Crippen LogP contribution in [0, 0.1) is 5.92 Å². The fourth-order valence-corrected chi connectivity index (χ4v) is 5.29. The van der Waals surface area contributed by atoms with Crippen molar-refractivity contribution in [3.8, 4) is 0 Å². The van der Waals surface area contributed by atoms with Crippen LogP contribution < -0.4 is 10.6 Å². The van der Waals surface area contributed by atoms with E-state index in [1.807, 2.05) is 6.92 Å². The Balaban J connectivity index is 1.38. The van der Waals surface area contributed by atoms with Gasteiger partial charge in [-0.3, -0.25) is 4.21 Å². The number of amides is 2. The maximum atomic E-state index is 12.2. The van der Waals surface area contributed by atoms with Gasteiger partial charge in [0.05, 0.1) is 0 Å². The first-order chi connectivity index (χ1) is 11.1. The zero-order valence-electron chi connectivity index (χ0n) is 14.3. The first kappa shape index (κ1) is 17.2. The van der Waals surface area contributed by atoms with Crippen molar-refractivity contribution in [1.29, 1.82) is 0 Å². The first-order valence-corrected chi connectivity index (χ1v) is 10.7. The highest BCUT2D eigenvalue weighted by atomic mass is 32.2. The normalized spacial score (nSPS) is 33.3. The highest BCUT2D eigenvalue weighted by Gasteiger charge is 2.31. The van der Waals surface area contributed by atoms with Crippen molar-refractivity contribution >= 4 is 16.8 Å². The third-order valence-corrected chi connectivity index (χ3v) is 7.18. The molecule has 2 saturated carbocycles. The first-order valence-electron chi connectivity index (χ1n) is 9.30. The maximum Gasteiger partial charge on any atom is 0.315 e. The van der Waals surface area contributed by atoms with Crippen LogP contribution in [-0.4, -0.2) is 57.9 Å². The van der Waals surface area contributed by atoms with Gasteiger partial charge in [0.25, 0.3) is 0 Å². The lowest BCUT2D eigenvalue weighted by molar-refractivity contribution is 0.228. The Hall–Kier alpha value is -0.620. The summed E-state index contributed by atoms with van der Waals surface area (Å²) in [6.45, 7) is 5.31. The lowest BCUT2D eigenvalue weighted by Crippen LogP contribution is -2.49. The predicted octanol–water partition coefficient (Wildman–Crippen LogP) is 1.85. The zero-order valence-corrected chi connectivity index (χ0v) is 15.1. The van der Waals surface area contributed by atoms with Gasteiger partial charge in [0.15, 0.2) is 0 Å². The fraction of sp³-hybridized carbons (Fsp3) is 0.941. The van der Waals surface area contributed by atoms with E-state index in [4.69, 9.17) is 0 Å². The molecule has 2 aliphatic carbocycles. The molecule has 6 heteroatoms. The van der Waals surface area contributed by atoms with Gasteiger partial charge in [0.1, 0.15) is 0 Å². The number of hydrogen-bond donors (Lipinski definition) is 2. The van der Waals surface area contributed by atoms with Gasteiger partial charge in [-0.15, -0.1) is 0 Å². The van der Waals surface area contributed by atoms with E-state index in [1.165, 1.54) is 19.4 Å². The van der Waals surface area contributed by atoms with Gasteiger partial charge in [-0.1, -0.05) is 13.3 Å². The minimum Gasteiger partial charge on any atom is -0.335 e. The van der Waals surface area contributed by atoms with Crippen molar-refractivity contribution in [3.05, 3.63) is 0 Å². The molecule has 3 rings (SSSR count). The molecule has 0 bridgehead atoms. The van der Waals surface area contributed by atoms with Gasteiger partial charge in [-0.2, -0.15) is 0 Å². The summed E-state index contributed by atoms with van der Waals surface area (Å²) in [5.41, 5.74) is 0. The van der Waals surface area contributed by atoms with E-state index in [-0.39, 0.29) is 23.4 Å². The molecule has 3 fully saturated rings. The van der Waals surface area contributed by atoms with Gasteiger partial charge in [-0.05, 0) is 44.4 Å². The van der Waals surface area contributed by atoms with Crippen LogP contribution in [0.25, 0.3) is 0 Å². The summed E-state index contributed by atoms with van der Waals surface area (Å²) in [6, 6.07) is 0.447. The average Bonchev–Trinajstić information content (AvgIpc) is 3.25. The molecule has 0 aromatic rings. The Morgan fingerprint density at radius 3 is 2.65 bits per heavy atom. The summed E-state index contributed by atoms with van der Waals surface area (Å²) in [5.74, 6) is 1.64. The molecule has 1 aliphatic heterocycles. The Kier molecular flexibility index (Phi) is 5.96. The number of carbonyl (C=O) groups excluding carboxylic acids is 1. The topological polar surface area (TPSA) is 61.4 Å². The van der Waals surface area contributed by atoms with Crippen LogP contribution in [-0.2, 0) is 10.8 Å². The molecule has 0 spiro atoms. The quantitative estimate of drug-likeness (QED) is 0.775. The monoisotopic (exact) mass is 341 g/mol. The third-order valence-electron chi connectivity index (χ3n) is 5.44. The molecule has 4 atom stereocenters. The Morgan fingerprint density at radius 1 is 1.13 bits per heavy atom. The minimum absolute atomic E-state index is 0.0313. The van der Waals surface area contributed by atoms with Crippen LogP contribution in [0.4, 0.5) is 4.79 Å². The SMILES string of the molecule is CC[S@@](=O)[C@@H]1CCC[C@H](NC(=O)N[C@@H]2CCN(CC3CC3)C2)C1. The van der Waals surface area contributed by atoms with Crippen LogP contribution in [0.2, 0.25) is 0 Å². The van der Waals surface area contributed by atoms with Gasteiger partial charge in [0.2, 0.25) is 0 Å². The molecule has 0 unspecified atom stereocenters. The van der Waals surface area contributed by atoms with Crippen molar-refractivity contribution < 1.29 is 9.00 Å². The van der Waals surface area contributed by atoms with Gasteiger partial charge < -0.3 is 15.5 Å². The van der Waals surface area contributed by atoms with E-state index < -0.39 is 10.8 Å². The van der Waals surface area contributed by atoms with Crippen LogP contribution in [0.1, 0.15) is 51.9 Å². The predicted molar refractivity (Wildman–Crippen MR) is 94.0 cm³/mol. The van der Waals surface area contributed by atoms with Crippen molar-refractivity contribution in [1.82, 2.24) is 15.5 Å². The highest BCUT2D eigenvalue weighted by molar-refractivity contribution is 7.85. The number of urea groups is 1. The molecular weight excluding hydrogens is 310 g/mol. The van der Waals surface area contributed by atoms with Crippen LogP contribution in [0.15, 0.2) is 0 Å². The summed E-state index contributed by atoms with van der Waals surface area (Å²) >= 11 is 0. The molecule has 5 nitrogen and oxygen atoms in total. The molecule has 3 aliphatic rings. The summed E-state index contributed by atoms with van der Waals surface area (Å²) in [4.78, 5) is 14.7. The van der Waals surface area contributed by atoms with Crippen molar-refractivity contribution in [2.45, 2.75) is 69.2 Å². The molecule has 1 saturated heterocycles. The van der Waals surface area contributed by atoms with E-state index in [0.717, 1.165) is 56.9 Å². The van der Waals surface area contributed by atoms with E-state index in [0.29, 0.717) is 0 Å². The molecule has 0 radical (unpaired) electrons. The van der Waals surface area contributed by atoms with E-state index in [2.05, 4.69) is 15.5 Å². The highest BCUT2D eigenvalue weighted by Crippen LogP contribution is 2.30. The van der Waals surface area contributed by atoms with Crippen LogP contribution in [0.3, 0.4) is 0 Å². The number of nitrogens with one attached hydrogen (secondary N) is 2. The summed E-state index contributed by atoms with van der Waals surface area (Å²) in [6.07, 6.45) is 7.83. The van der Waals surface area contributed by atoms with Crippen molar-refractivity contribution in [2.75, 3.05) is 25.4 Å². The number of rotatable bonds is 6. The summed E-state index contributed by atoms with van der Waals surface area (Å²) < 4.78 is 12.0. The lowest BCUT2D eigenvalue weighted by Gasteiger charge is -2.29. The van der Waals surface area contributed by atoms with Crippen LogP contribution in [0.5, 0.6) is 0 Å². The maximum absolute atomic E-state index is 12.2. The molecule has 0 aromatic heterocycles. The molecular formula is C17H31N3O2S. The number of likely N-dealkylation sites (tertiary alicyclic amines) is 1. The van der Waals surface area contributed by atoms with Crippen LogP contribution >= 0.6 is 0 Å². The average molecular weight is 342 g/mol. The second kappa shape index (κ2) is 7.97. The largest absolute Gasteiger partial charge is 0.335 e. The molecule has 2 amide bonds. The summed E-state index contributed by atoms with van der Waals surface area (Å²) in [7, 11) is -0.736. The van der Waals surface area contributed by atoms with Gasteiger partial charge in [-0.25, -0.2) is 4.79 Å². The number of carbonyl (C=O) groups is 1. The van der Waals surface area contributed by atoms with Gasteiger partial charge in [0, 0.05) is 53.5 Å². The second-order valence-electron chi connectivity index (χ2n) is 7.46. The standard InChI is InChI=1S/C17H31N3O2S/c1-2-23(22)16-5-3-4-14(10-16)18-17(21)19-15-8-9-20(12-15)11-13-6-7-13/h13-16H,2-12H2,1H3,(H2,18,19,21)/t14-,15+,16+,23+/m0/s1. The smallest absolute Gasteiger partial charge is 0.315 e. The van der Waals surface area contributed by atoms with E-state index in [9.17, 15) is 9.00 Å². The van der Waals surface area contributed by atoms with Gasteiger partial charge >= 0.3 is 6.03 Å². The lowest BCUT2D eigenvalue weighted by atomic mass is 9.95. The molecule has 2 N–H and O–H groups in total. The molecule has 1 heterocycles. The number of nitrogens with zero attached hydrogens (tertiary/aromatic N) is 1. The second-order valence-corrected chi connectivity index (χ2v) is 9.47.